The predicted octanol–water partition coefficient (Wildman–Crippen LogP) is 5.38. The Bertz CT molecular complexity index is 2150. The molecule has 9 heteroatoms. The molecule has 0 spiro atoms. The van der Waals surface area contributed by atoms with Gasteiger partial charge >= 0.3 is 5.97 Å². The molecule has 0 unspecified atom stereocenters. The lowest BCUT2D eigenvalue weighted by molar-refractivity contribution is 0.0600. The van der Waals surface area contributed by atoms with E-state index < -0.39 is 5.97 Å². The van der Waals surface area contributed by atoms with E-state index in [1.54, 1.807) is 43.1 Å². The number of hydrogen-bond acceptors (Lipinski definition) is 8. The van der Waals surface area contributed by atoms with Gasteiger partial charge < -0.3 is 18.6 Å². The number of esters is 1. The maximum Gasteiger partial charge on any atom is 0.337 e. The molecule has 5 aromatic rings. The Morgan fingerprint density at radius 2 is 1.80 bits per heavy atom. The van der Waals surface area contributed by atoms with Gasteiger partial charge in [-0.15, -0.1) is 0 Å². The first kappa shape index (κ1) is 27.7. The molecule has 1 aliphatic heterocycles. The number of benzene rings is 3. The first-order chi connectivity index (χ1) is 21.5. The number of fused-ring (bicyclic) bond motifs is 3. The number of rotatable bonds is 6. The van der Waals surface area contributed by atoms with E-state index in [0.29, 0.717) is 37.9 Å². The first-order valence-corrected chi connectivity index (χ1v) is 14.9. The highest BCUT2D eigenvalue weighted by Gasteiger charge is 2.33. The van der Waals surface area contributed by atoms with Crippen molar-refractivity contribution in [2.24, 2.45) is 4.99 Å². The standard InChI is InChI=1S/C35H28N2O6S/c1-40-28-15-12-22(18-29(28)41-2)32-26-14-11-20-7-4-5-10-25(20)31(26)36-35-37(32)33(38)30(44-35)19-24-13-16-27(43-24)21-8-6-9-23(17-21)34(39)42-3/h4-10,12-13,15-19,32H,11,14H2,1-3H3/b30-19-/t32-/m1/s1. The molecule has 220 valence electrons. The molecule has 2 aromatic heterocycles. The highest BCUT2D eigenvalue weighted by molar-refractivity contribution is 7.07. The van der Waals surface area contributed by atoms with Crippen LogP contribution in [0, 0.1) is 0 Å². The van der Waals surface area contributed by atoms with Crippen LogP contribution in [0.4, 0.5) is 0 Å². The quantitative estimate of drug-likeness (QED) is 0.242. The van der Waals surface area contributed by atoms with Gasteiger partial charge in [-0.3, -0.25) is 9.36 Å². The predicted molar refractivity (Wildman–Crippen MR) is 168 cm³/mol. The van der Waals surface area contributed by atoms with Crippen molar-refractivity contribution in [1.82, 2.24) is 4.57 Å². The van der Waals surface area contributed by atoms with Crippen LogP contribution >= 0.6 is 11.3 Å². The lowest BCUT2D eigenvalue weighted by Crippen LogP contribution is -2.38. The number of allylic oxidation sites excluding steroid dienone is 1. The van der Waals surface area contributed by atoms with Crippen molar-refractivity contribution in [3.8, 4) is 22.8 Å². The van der Waals surface area contributed by atoms with Crippen LogP contribution in [0.25, 0.3) is 23.1 Å². The molecular formula is C35H28N2O6S. The van der Waals surface area contributed by atoms with E-state index in [2.05, 4.69) is 18.2 Å². The van der Waals surface area contributed by atoms with Crippen LogP contribution in [-0.2, 0) is 11.2 Å². The van der Waals surface area contributed by atoms with Gasteiger partial charge in [0.15, 0.2) is 16.3 Å². The maximum atomic E-state index is 14.1. The van der Waals surface area contributed by atoms with Gasteiger partial charge in [-0.2, -0.15) is 0 Å². The van der Waals surface area contributed by atoms with Gasteiger partial charge in [0.2, 0.25) is 0 Å². The van der Waals surface area contributed by atoms with Crippen molar-refractivity contribution < 1.29 is 23.4 Å². The topological polar surface area (TPSA) is 92.3 Å². The van der Waals surface area contributed by atoms with Gasteiger partial charge in [-0.25, -0.2) is 9.79 Å². The van der Waals surface area contributed by atoms with Crippen molar-refractivity contribution in [3.63, 3.8) is 0 Å². The van der Waals surface area contributed by atoms with E-state index >= 15 is 0 Å². The van der Waals surface area contributed by atoms with E-state index in [1.807, 2.05) is 42.5 Å². The molecule has 0 N–H and O–H groups in total. The third-order valence-corrected chi connectivity index (χ3v) is 9.05. The second-order valence-corrected chi connectivity index (χ2v) is 11.5. The summed E-state index contributed by atoms with van der Waals surface area (Å²) in [5, 5.41) is 0. The molecule has 0 saturated heterocycles. The van der Waals surface area contributed by atoms with Crippen LogP contribution in [0.15, 0.2) is 98.6 Å². The Hall–Kier alpha value is -5.15. The number of hydrogen-bond donors (Lipinski definition) is 0. The number of aromatic nitrogens is 1. The minimum Gasteiger partial charge on any atom is -0.493 e. The number of aryl methyl sites for hydroxylation is 1. The summed E-state index contributed by atoms with van der Waals surface area (Å²) in [5.74, 6) is 1.89. The fourth-order valence-corrected chi connectivity index (χ4v) is 6.96. The summed E-state index contributed by atoms with van der Waals surface area (Å²) in [6.45, 7) is 0. The molecule has 0 saturated carbocycles. The van der Waals surface area contributed by atoms with Crippen LogP contribution in [0.2, 0.25) is 0 Å². The number of ether oxygens (including phenoxy) is 3. The van der Waals surface area contributed by atoms with Gasteiger partial charge in [-0.1, -0.05) is 53.8 Å². The van der Waals surface area contributed by atoms with Gasteiger partial charge in [0.25, 0.3) is 5.56 Å². The first-order valence-electron chi connectivity index (χ1n) is 14.1. The zero-order valence-corrected chi connectivity index (χ0v) is 25.1. The van der Waals surface area contributed by atoms with Crippen LogP contribution in [0.5, 0.6) is 11.5 Å². The van der Waals surface area contributed by atoms with E-state index in [-0.39, 0.29) is 11.6 Å². The fraction of sp³-hybridized carbons (Fsp3) is 0.171. The molecule has 0 amide bonds. The third kappa shape index (κ3) is 4.66. The molecule has 0 bridgehead atoms. The SMILES string of the molecule is COC(=O)c1cccc(-c2ccc(/C=c3\sc4n(c3=O)[C@H](c3ccc(OC)c(OC)c3)C3=C(N=4)c4ccccc4CC3)o2)c1. The number of thiazole rings is 1. The molecule has 3 heterocycles. The zero-order chi connectivity index (χ0) is 30.4. The van der Waals surface area contributed by atoms with Gasteiger partial charge in [-0.05, 0) is 65.9 Å². The summed E-state index contributed by atoms with van der Waals surface area (Å²) in [7, 11) is 4.56. The largest absolute Gasteiger partial charge is 0.493 e. The van der Waals surface area contributed by atoms with Crippen molar-refractivity contribution in [3.05, 3.63) is 132 Å². The smallest absolute Gasteiger partial charge is 0.337 e. The Labute approximate surface area is 256 Å². The van der Waals surface area contributed by atoms with E-state index in [0.717, 1.165) is 40.8 Å². The van der Waals surface area contributed by atoms with Crippen LogP contribution in [-0.4, -0.2) is 31.9 Å². The van der Waals surface area contributed by atoms with Crippen LogP contribution in [0.1, 0.15) is 45.3 Å². The second kappa shape index (κ2) is 11.2. The summed E-state index contributed by atoms with van der Waals surface area (Å²) in [4.78, 5) is 31.9. The molecule has 0 radical (unpaired) electrons. The molecule has 3 aromatic carbocycles. The molecule has 1 atom stereocenters. The molecule has 7 rings (SSSR count). The van der Waals surface area contributed by atoms with E-state index in [1.165, 1.54) is 24.0 Å². The summed E-state index contributed by atoms with van der Waals surface area (Å²) in [6, 6.07) is 24.4. The summed E-state index contributed by atoms with van der Waals surface area (Å²) >= 11 is 1.33. The Morgan fingerprint density at radius 3 is 2.61 bits per heavy atom. The molecule has 8 nitrogen and oxygen atoms in total. The van der Waals surface area contributed by atoms with Crippen LogP contribution < -0.4 is 24.4 Å². The number of carbonyl (C=O) groups is 1. The number of methoxy groups -OCH3 is 3. The maximum absolute atomic E-state index is 14.1. The highest BCUT2D eigenvalue weighted by Crippen LogP contribution is 2.42. The summed E-state index contributed by atoms with van der Waals surface area (Å²) in [5.41, 5.74) is 6.30. The minimum atomic E-state index is -0.422. The summed E-state index contributed by atoms with van der Waals surface area (Å²) < 4.78 is 24.4. The lowest BCUT2D eigenvalue weighted by atomic mass is 9.83. The number of carbonyl (C=O) groups excluding carboxylic acids is 1. The monoisotopic (exact) mass is 604 g/mol. The highest BCUT2D eigenvalue weighted by atomic mass is 32.1. The molecule has 44 heavy (non-hydrogen) atoms. The zero-order valence-electron chi connectivity index (χ0n) is 24.3. The van der Waals surface area contributed by atoms with Crippen LogP contribution in [0.3, 0.4) is 0 Å². The van der Waals surface area contributed by atoms with Crippen molar-refractivity contribution in [2.45, 2.75) is 18.9 Å². The normalized spacial score (nSPS) is 15.6. The Kier molecular flexibility index (Phi) is 7.02. The Morgan fingerprint density at radius 1 is 0.955 bits per heavy atom. The van der Waals surface area contributed by atoms with Gasteiger partial charge in [0, 0.05) is 17.2 Å². The number of nitrogens with zero attached hydrogens (tertiary/aromatic N) is 2. The van der Waals surface area contributed by atoms with Crippen molar-refractivity contribution in [1.29, 1.82) is 0 Å². The van der Waals surface area contributed by atoms with Gasteiger partial charge in [0.05, 0.1) is 43.2 Å². The third-order valence-electron chi connectivity index (χ3n) is 8.06. The average Bonchev–Trinajstić information content (AvgIpc) is 3.67. The minimum absolute atomic E-state index is 0.149. The summed E-state index contributed by atoms with van der Waals surface area (Å²) in [6.07, 6.45) is 3.40. The van der Waals surface area contributed by atoms with E-state index in [4.69, 9.17) is 23.6 Å². The van der Waals surface area contributed by atoms with E-state index in [9.17, 15) is 9.59 Å². The average molecular weight is 605 g/mol. The molecule has 1 aliphatic carbocycles. The van der Waals surface area contributed by atoms with Gasteiger partial charge in [0.1, 0.15) is 11.5 Å². The second-order valence-electron chi connectivity index (χ2n) is 10.5. The van der Waals surface area contributed by atoms with Crippen molar-refractivity contribution >= 4 is 29.1 Å². The molecule has 2 aliphatic rings. The van der Waals surface area contributed by atoms with Crippen molar-refractivity contribution in [2.75, 3.05) is 21.3 Å². The molecule has 0 fully saturated rings. The molecular weight excluding hydrogens is 576 g/mol. The Balaban J connectivity index is 1.37. The number of furan rings is 1. The fourth-order valence-electron chi connectivity index (χ4n) is 5.98. The lowest BCUT2D eigenvalue weighted by Gasteiger charge is -2.31.